The van der Waals surface area contributed by atoms with E-state index < -0.39 is 45.7 Å². The smallest absolute Gasteiger partial charge is 0.304 e. The van der Waals surface area contributed by atoms with Crippen molar-refractivity contribution in [3.05, 3.63) is 29.6 Å². The van der Waals surface area contributed by atoms with E-state index in [1.807, 2.05) is 4.72 Å². The van der Waals surface area contributed by atoms with Gasteiger partial charge in [0, 0.05) is 25.7 Å². The molecule has 0 saturated carbocycles. The van der Waals surface area contributed by atoms with Gasteiger partial charge in [0.15, 0.2) is 17.5 Å². The molecule has 0 heterocycles. The van der Waals surface area contributed by atoms with Crippen molar-refractivity contribution in [2.45, 2.75) is 6.42 Å². The van der Waals surface area contributed by atoms with Crippen LogP contribution < -0.4 is 4.72 Å². The van der Waals surface area contributed by atoms with E-state index >= 15 is 0 Å². The minimum atomic E-state index is -4.19. The molecule has 0 saturated heterocycles. The highest BCUT2D eigenvalue weighted by Crippen LogP contribution is 2.19. The Morgan fingerprint density at radius 2 is 1.80 bits per heavy atom. The number of rotatable bonds is 6. The lowest BCUT2D eigenvalue weighted by Gasteiger charge is -2.17. The highest BCUT2D eigenvalue weighted by atomic mass is 32.2. The summed E-state index contributed by atoms with van der Waals surface area (Å²) in [6.45, 7) is -0.336. The highest BCUT2D eigenvalue weighted by molar-refractivity contribution is 7.90. The molecule has 0 unspecified atom stereocenters. The third-order valence-electron chi connectivity index (χ3n) is 2.28. The van der Waals surface area contributed by atoms with E-state index in [2.05, 4.69) is 0 Å². The number of carboxylic acids is 1. The van der Waals surface area contributed by atoms with Crippen LogP contribution in [0.5, 0.6) is 0 Å². The number of hydrogen-bond donors (Lipinski definition) is 2. The summed E-state index contributed by atoms with van der Waals surface area (Å²) in [7, 11) is -3.11. The van der Waals surface area contributed by atoms with Crippen molar-refractivity contribution in [2.24, 2.45) is 0 Å². The molecule has 0 spiro atoms. The summed E-state index contributed by atoms with van der Waals surface area (Å²) in [5.74, 6) is -6.01. The van der Waals surface area contributed by atoms with Crippen molar-refractivity contribution in [3.63, 3.8) is 0 Å². The normalized spacial score (nSPS) is 11.7. The number of aliphatic carboxylic acids is 1. The molecule has 0 aliphatic heterocycles. The highest BCUT2D eigenvalue weighted by Gasteiger charge is 2.20. The second-order valence-electron chi connectivity index (χ2n) is 3.83. The van der Waals surface area contributed by atoms with Gasteiger partial charge in [-0.1, -0.05) is 0 Å². The fourth-order valence-corrected chi connectivity index (χ4v) is 2.12. The third-order valence-corrected chi connectivity index (χ3v) is 3.78. The molecular formula is C10H11F3N2O4S. The Labute approximate surface area is 113 Å². The number of halogens is 3. The van der Waals surface area contributed by atoms with Crippen molar-refractivity contribution >= 4 is 21.9 Å². The molecule has 1 aromatic rings. The number of hydrogen-bond acceptors (Lipinski definition) is 3. The lowest BCUT2D eigenvalue weighted by atomic mass is 10.3. The van der Waals surface area contributed by atoms with Crippen LogP contribution in [0.2, 0.25) is 0 Å². The first-order chi connectivity index (χ1) is 9.13. The molecule has 0 fully saturated rings. The van der Waals surface area contributed by atoms with E-state index in [-0.39, 0.29) is 6.54 Å². The molecule has 0 radical (unpaired) electrons. The summed E-state index contributed by atoms with van der Waals surface area (Å²) < 4.78 is 64.4. The van der Waals surface area contributed by atoms with Crippen LogP contribution in [-0.4, -0.2) is 37.4 Å². The maximum Gasteiger partial charge on any atom is 0.304 e. The topological polar surface area (TPSA) is 86.7 Å². The van der Waals surface area contributed by atoms with Crippen LogP contribution in [0.4, 0.5) is 18.9 Å². The Hall–Kier alpha value is -1.81. The van der Waals surface area contributed by atoms with Gasteiger partial charge in [0.1, 0.15) is 0 Å². The first-order valence-electron chi connectivity index (χ1n) is 5.24. The molecule has 20 heavy (non-hydrogen) atoms. The Balaban J connectivity index is 2.88. The van der Waals surface area contributed by atoms with Crippen molar-refractivity contribution in [1.82, 2.24) is 4.31 Å². The predicted molar refractivity (Wildman–Crippen MR) is 63.7 cm³/mol. The van der Waals surface area contributed by atoms with E-state index in [0.717, 1.165) is 7.05 Å². The van der Waals surface area contributed by atoms with Gasteiger partial charge in [0.25, 0.3) is 0 Å². The zero-order valence-electron chi connectivity index (χ0n) is 10.2. The van der Waals surface area contributed by atoms with Crippen LogP contribution in [-0.2, 0) is 15.0 Å². The van der Waals surface area contributed by atoms with Crippen molar-refractivity contribution in [3.8, 4) is 0 Å². The first kappa shape index (κ1) is 16.2. The summed E-state index contributed by atoms with van der Waals surface area (Å²) in [6, 6.07) is 0.946. The fraction of sp³-hybridized carbons (Fsp3) is 0.300. The third kappa shape index (κ3) is 4.10. The van der Waals surface area contributed by atoms with Crippen LogP contribution in [0, 0.1) is 17.5 Å². The summed E-state index contributed by atoms with van der Waals surface area (Å²) in [5.41, 5.74) is -0.511. The molecule has 0 aromatic heterocycles. The van der Waals surface area contributed by atoms with Gasteiger partial charge in [0.2, 0.25) is 0 Å². The molecule has 2 N–H and O–H groups in total. The number of benzene rings is 1. The van der Waals surface area contributed by atoms with E-state index in [4.69, 9.17) is 5.11 Å². The Morgan fingerprint density at radius 1 is 1.30 bits per heavy atom. The van der Waals surface area contributed by atoms with Crippen LogP contribution >= 0.6 is 0 Å². The molecule has 0 aliphatic carbocycles. The van der Waals surface area contributed by atoms with Crippen molar-refractivity contribution in [1.29, 1.82) is 0 Å². The van der Waals surface area contributed by atoms with Crippen LogP contribution in [0.25, 0.3) is 0 Å². The first-order valence-corrected chi connectivity index (χ1v) is 6.68. The zero-order chi connectivity index (χ0) is 15.5. The quantitative estimate of drug-likeness (QED) is 0.772. The molecule has 112 valence electrons. The van der Waals surface area contributed by atoms with Gasteiger partial charge in [-0.05, 0) is 0 Å². The van der Waals surface area contributed by atoms with E-state index in [9.17, 15) is 26.4 Å². The summed E-state index contributed by atoms with van der Waals surface area (Å²) in [4.78, 5) is 10.3. The standard InChI is InChI=1S/C10H11F3N2O4S/c1-15(3-2-9(16)17)20(18,19)14-6-4-7(11)10(13)8(12)5-6/h4-5,14H,2-3H2,1H3,(H,16,17). The Bertz CT molecular complexity index is 598. The van der Waals surface area contributed by atoms with E-state index in [1.54, 1.807) is 0 Å². The minimum Gasteiger partial charge on any atom is -0.481 e. The van der Waals surface area contributed by atoms with E-state index in [0.29, 0.717) is 16.4 Å². The van der Waals surface area contributed by atoms with Gasteiger partial charge in [-0.3, -0.25) is 9.52 Å². The number of carbonyl (C=O) groups is 1. The van der Waals surface area contributed by atoms with Crippen molar-refractivity contribution in [2.75, 3.05) is 18.3 Å². The number of anilines is 1. The second kappa shape index (κ2) is 6.09. The molecule has 0 atom stereocenters. The zero-order valence-corrected chi connectivity index (χ0v) is 11.0. The van der Waals surface area contributed by atoms with Gasteiger partial charge < -0.3 is 5.11 Å². The largest absolute Gasteiger partial charge is 0.481 e. The Kier molecular flexibility index (Phi) is 4.95. The average Bonchev–Trinajstić information content (AvgIpc) is 2.32. The van der Waals surface area contributed by atoms with Crippen LogP contribution in [0.3, 0.4) is 0 Å². The average molecular weight is 312 g/mol. The van der Waals surface area contributed by atoms with Gasteiger partial charge in [0.05, 0.1) is 12.1 Å². The molecule has 0 aliphatic rings. The molecule has 1 rings (SSSR count). The minimum absolute atomic E-state index is 0.336. The molecule has 10 heteroatoms. The molecular weight excluding hydrogens is 301 g/mol. The Morgan fingerprint density at radius 3 is 2.25 bits per heavy atom. The summed E-state index contributed by atoms with van der Waals surface area (Å²) in [5, 5.41) is 8.44. The predicted octanol–water partition coefficient (Wildman–Crippen LogP) is 1.17. The van der Waals surface area contributed by atoms with Crippen LogP contribution in [0.1, 0.15) is 6.42 Å². The van der Waals surface area contributed by atoms with Gasteiger partial charge in [-0.2, -0.15) is 12.7 Å². The van der Waals surface area contributed by atoms with Gasteiger partial charge in [-0.25, -0.2) is 13.2 Å². The molecule has 0 amide bonds. The lowest BCUT2D eigenvalue weighted by molar-refractivity contribution is -0.137. The maximum absolute atomic E-state index is 12.9. The van der Waals surface area contributed by atoms with Gasteiger partial charge >= 0.3 is 16.2 Å². The summed E-state index contributed by atoms with van der Waals surface area (Å²) >= 11 is 0. The lowest BCUT2D eigenvalue weighted by Crippen LogP contribution is -2.34. The maximum atomic E-state index is 12.9. The monoisotopic (exact) mass is 312 g/mol. The number of nitrogens with zero attached hydrogens (tertiary/aromatic N) is 1. The molecule has 1 aromatic carbocycles. The number of carboxylic acid groups (broad SMARTS) is 1. The van der Waals surface area contributed by atoms with Crippen LogP contribution in [0.15, 0.2) is 12.1 Å². The van der Waals surface area contributed by atoms with Crippen molar-refractivity contribution < 1.29 is 31.5 Å². The molecule has 6 nitrogen and oxygen atoms in total. The second-order valence-corrected chi connectivity index (χ2v) is 5.60. The number of nitrogens with one attached hydrogen (secondary N) is 1. The fourth-order valence-electron chi connectivity index (χ4n) is 1.21. The van der Waals surface area contributed by atoms with Gasteiger partial charge in [-0.15, -0.1) is 0 Å². The van der Waals surface area contributed by atoms with E-state index in [1.165, 1.54) is 0 Å². The molecule has 0 bridgehead atoms. The summed E-state index contributed by atoms with van der Waals surface area (Å²) in [6.07, 6.45) is -0.441. The SMILES string of the molecule is CN(CCC(=O)O)S(=O)(=O)Nc1cc(F)c(F)c(F)c1.